The van der Waals surface area contributed by atoms with Gasteiger partial charge in [0.2, 0.25) is 5.92 Å². The third-order valence-electron chi connectivity index (χ3n) is 10.2. The lowest BCUT2D eigenvalue weighted by atomic mass is 9.44. The molecule has 0 heterocycles. The van der Waals surface area contributed by atoms with Gasteiger partial charge in [0.1, 0.15) is 0 Å². The third-order valence-corrected chi connectivity index (χ3v) is 10.2. The van der Waals surface area contributed by atoms with Crippen molar-refractivity contribution in [3.63, 3.8) is 0 Å². The summed E-state index contributed by atoms with van der Waals surface area (Å²) in [6.07, 6.45) is 10.6. The van der Waals surface area contributed by atoms with Crippen LogP contribution in [0.25, 0.3) is 0 Å². The first-order chi connectivity index (χ1) is 12.7. The van der Waals surface area contributed by atoms with Crippen molar-refractivity contribution >= 4 is 0 Å². The smallest absolute Gasteiger partial charge is 0.248 e. The van der Waals surface area contributed by atoms with Gasteiger partial charge in [0.25, 0.3) is 0 Å². The lowest BCUT2D eigenvalue weighted by Crippen LogP contribution is -2.55. The van der Waals surface area contributed by atoms with Crippen molar-refractivity contribution in [3.8, 4) is 0 Å². The average molecular weight is 383 g/mol. The minimum absolute atomic E-state index is 0.117. The quantitative estimate of drug-likeness (QED) is 0.574. The van der Waals surface area contributed by atoms with Gasteiger partial charge in [-0.3, -0.25) is 0 Å². The first kappa shape index (κ1) is 20.1. The molecule has 4 aliphatic carbocycles. The molecular formula is C24H40F2O. The van der Waals surface area contributed by atoms with Crippen LogP contribution in [0.2, 0.25) is 0 Å². The number of hydrogen-bond donors (Lipinski definition) is 1. The third kappa shape index (κ3) is 3.19. The molecule has 1 nitrogen and oxygen atoms in total. The maximum Gasteiger partial charge on any atom is 0.248 e. The summed E-state index contributed by atoms with van der Waals surface area (Å²) in [5.41, 5.74) is 0.602. The minimum atomic E-state index is -2.42. The van der Waals surface area contributed by atoms with Gasteiger partial charge in [0.05, 0.1) is 0 Å². The highest BCUT2D eigenvalue weighted by molar-refractivity contribution is 5.10. The molecule has 0 spiro atoms. The van der Waals surface area contributed by atoms with Crippen LogP contribution in [0.3, 0.4) is 0 Å². The molecule has 0 radical (unpaired) electrons. The van der Waals surface area contributed by atoms with Crippen molar-refractivity contribution in [1.82, 2.24) is 0 Å². The van der Waals surface area contributed by atoms with Crippen molar-refractivity contribution in [1.29, 1.82) is 0 Å². The van der Waals surface area contributed by atoms with Crippen molar-refractivity contribution in [2.75, 3.05) is 6.61 Å². The fraction of sp³-hybridized carbons (Fsp3) is 1.00. The molecule has 4 fully saturated rings. The molecule has 156 valence electrons. The van der Waals surface area contributed by atoms with Crippen LogP contribution < -0.4 is 0 Å². The molecule has 0 aromatic rings. The van der Waals surface area contributed by atoms with Gasteiger partial charge in [-0.05, 0) is 104 Å². The van der Waals surface area contributed by atoms with Crippen LogP contribution in [0.1, 0.15) is 91.4 Å². The molecule has 1 N–H and O–H groups in total. The topological polar surface area (TPSA) is 20.2 Å². The molecule has 0 aromatic carbocycles. The van der Waals surface area contributed by atoms with E-state index < -0.39 is 5.92 Å². The highest BCUT2D eigenvalue weighted by atomic mass is 19.3. The van der Waals surface area contributed by atoms with Crippen LogP contribution in [-0.4, -0.2) is 17.6 Å². The molecule has 0 saturated heterocycles. The summed E-state index contributed by atoms with van der Waals surface area (Å²) in [4.78, 5) is 0. The first-order valence-corrected chi connectivity index (χ1v) is 11.7. The second-order valence-electron chi connectivity index (χ2n) is 11.3. The van der Waals surface area contributed by atoms with E-state index in [0.29, 0.717) is 23.9 Å². The van der Waals surface area contributed by atoms with Crippen LogP contribution in [0.15, 0.2) is 0 Å². The summed E-state index contributed by atoms with van der Waals surface area (Å²) in [6, 6.07) is 0. The van der Waals surface area contributed by atoms with Gasteiger partial charge in [0, 0.05) is 19.4 Å². The van der Waals surface area contributed by atoms with Crippen LogP contribution in [0.4, 0.5) is 8.78 Å². The molecule has 8 atom stereocenters. The molecule has 3 heteroatoms. The molecule has 0 amide bonds. The molecule has 4 aliphatic rings. The molecule has 27 heavy (non-hydrogen) atoms. The van der Waals surface area contributed by atoms with E-state index in [1.165, 1.54) is 32.1 Å². The Morgan fingerprint density at radius 3 is 2.41 bits per heavy atom. The summed E-state index contributed by atoms with van der Waals surface area (Å²) in [5, 5.41) is 9.23. The summed E-state index contributed by atoms with van der Waals surface area (Å²) < 4.78 is 28.1. The zero-order valence-corrected chi connectivity index (χ0v) is 17.7. The maximum absolute atomic E-state index is 14.1. The van der Waals surface area contributed by atoms with E-state index in [2.05, 4.69) is 20.8 Å². The van der Waals surface area contributed by atoms with E-state index >= 15 is 0 Å². The number of hydrogen-bond acceptors (Lipinski definition) is 1. The lowest BCUT2D eigenvalue weighted by Gasteiger charge is -2.61. The number of aliphatic hydroxyl groups is 1. The van der Waals surface area contributed by atoms with E-state index in [-0.39, 0.29) is 24.2 Å². The Kier molecular flexibility index (Phi) is 5.18. The predicted molar refractivity (Wildman–Crippen MR) is 106 cm³/mol. The molecule has 0 bridgehead atoms. The van der Waals surface area contributed by atoms with Crippen molar-refractivity contribution in [3.05, 3.63) is 0 Å². The van der Waals surface area contributed by atoms with E-state index in [4.69, 9.17) is 0 Å². The highest BCUT2D eigenvalue weighted by Crippen LogP contribution is 2.69. The highest BCUT2D eigenvalue weighted by Gasteiger charge is 2.61. The Labute approximate surface area is 164 Å². The maximum atomic E-state index is 14.1. The van der Waals surface area contributed by atoms with Crippen molar-refractivity contribution < 1.29 is 13.9 Å². The largest absolute Gasteiger partial charge is 0.396 e. The Morgan fingerprint density at radius 1 is 0.926 bits per heavy atom. The van der Waals surface area contributed by atoms with Gasteiger partial charge >= 0.3 is 0 Å². The summed E-state index contributed by atoms with van der Waals surface area (Å²) in [7, 11) is 0. The molecule has 4 saturated carbocycles. The van der Waals surface area contributed by atoms with Gasteiger partial charge in [-0.2, -0.15) is 0 Å². The number of alkyl halides is 2. The summed E-state index contributed by atoms with van der Waals surface area (Å²) >= 11 is 0. The van der Waals surface area contributed by atoms with E-state index in [1.807, 2.05) is 0 Å². The molecule has 0 unspecified atom stereocenters. The minimum Gasteiger partial charge on any atom is -0.396 e. The lowest BCUT2D eigenvalue weighted by molar-refractivity contribution is -0.164. The van der Waals surface area contributed by atoms with E-state index in [9.17, 15) is 13.9 Å². The Morgan fingerprint density at radius 2 is 1.67 bits per heavy atom. The monoisotopic (exact) mass is 382 g/mol. The SMILES string of the molecule is C[C@H](CCCO)[C@H]1CC[C@H]2[C@@H]3CC[C@@H]4CC(F)(F)CC[C@]4(C)[C@H]3CC[C@]12C. The van der Waals surface area contributed by atoms with Crippen LogP contribution >= 0.6 is 0 Å². The zero-order chi connectivity index (χ0) is 19.4. The van der Waals surface area contributed by atoms with Crippen LogP contribution in [0.5, 0.6) is 0 Å². The number of halogens is 2. The van der Waals surface area contributed by atoms with Gasteiger partial charge in [-0.25, -0.2) is 8.78 Å². The van der Waals surface area contributed by atoms with Crippen LogP contribution in [-0.2, 0) is 0 Å². The van der Waals surface area contributed by atoms with Gasteiger partial charge in [-0.15, -0.1) is 0 Å². The summed E-state index contributed by atoms with van der Waals surface area (Å²) in [5.74, 6) is 1.57. The Bertz CT molecular complexity index is 548. The zero-order valence-electron chi connectivity index (χ0n) is 17.7. The Hall–Kier alpha value is -0.180. The second-order valence-corrected chi connectivity index (χ2v) is 11.3. The van der Waals surface area contributed by atoms with Crippen molar-refractivity contribution in [2.24, 2.45) is 46.3 Å². The molecule has 0 aromatic heterocycles. The number of aliphatic hydroxyl groups excluding tert-OH is 1. The Balaban J connectivity index is 1.52. The number of rotatable bonds is 4. The molecule has 0 aliphatic heterocycles. The fourth-order valence-corrected chi connectivity index (χ4v) is 8.76. The first-order valence-electron chi connectivity index (χ1n) is 11.7. The van der Waals surface area contributed by atoms with Gasteiger partial charge in [0.15, 0.2) is 0 Å². The molecule has 4 rings (SSSR count). The van der Waals surface area contributed by atoms with Crippen molar-refractivity contribution in [2.45, 2.75) is 97.3 Å². The molecular weight excluding hydrogens is 342 g/mol. The number of fused-ring (bicyclic) bond motifs is 5. The standard InChI is InChI=1S/C24H40F2O/c1-16(5-4-14-27)19-8-9-20-18-7-6-17-15-24(25,26)13-12-22(17,2)21(18)10-11-23(19,20)3/h16-21,27H,4-15H2,1-3H3/t16-,17-,18+,19-,20+,21+,22+,23-/m1/s1. The van der Waals surface area contributed by atoms with E-state index in [1.54, 1.807) is 0 Å². The second kappa shape index (κ2) is 6.96. The predicted octanol–water partition coefficient (Wildman–Crippen LogP) is 6.69. The van der Waals surface area contributed by atoms with Gasteiger partial charge < -0.3 is 5.11 Å². The fourth-order valence-electron chi connectivity index (χ4n) is 8.76. The van der Waals surface area contributed by atoms with E-state index in [0.717, 1.165) is 43.4 Å². The van der Waals surface area contributed by atoms with Crippen LogP contribution in [0, 0.1) is 46.3 Å². The average Bonchev–Trinajstić information content (AvgIpc) is 2.97. The normalized spacial score (nSPS) is 49.8. The van der Waals surface area contributed by atoms with Gasteiger partial charge in [-0.1, -0.05) is 20.8 Å². The summed E-state index contributed by atoms with van der Waals surface area (Å²) in [6.45, 7) is 7.65.